The van der Waals surface area contributed by atoms with E-state index in [2.05, 4.69) is 5.43 Å². The van der Waals surface area contributed by atoms with Gasteiger partial charge in [-0.05, 0) is 29.7 Å². The highest BCUT2D eigenvalue weighted by atomic mass is 16.2. The molecule has 1 heterocycles. The van der Waals surface area contributed by atoms with Crippen LogP contribution in [0.2, 0.25) is 0 Å². The number of carbonyl (C=O) groups is 2. The molecule has 6 nitrogen and oxygen atoms in total. The molecule has 0 radical (unpaired) electrons. The molecule has 1 atom stereocenters. The van der Waals surface area contributed by atoms with E-state index in [1.807, 2.05) is 61.5 Å². The molecule has 0 bridgehead atoms. The number of benzene rings is 2. The summed E-state index contributed by atoms with van der Waals surface area (Å²) < 4.78 is 0. The predicted molar refractivity (Wildman–Crippen MR) is 87.4 cm³/mol. The van der Waals surface area contributed by atoms with Crippen LogP contribution in [0, 0.1) is 0 Å². The van der Waals surface area contributed by atoms with E-state index in [4.69, 9.17) is 5.73 Å². The topological polar surface area (TPSA) is 78.7 Å². The summed E-state index contributed by atoms with van der Waals surface area (Å²) in [7, 11) is 0. The fraction of sp³-hybridized carbons (Fsp3) is 0.176. The zero-order chi connectivity index (χ0) is 16.4. The van der Waals surface area contributed by atoms with Crippen LogP contribution >= 0.6 is 0 Å². The smallest absolute Gasteiger partial charge is 0.342 e. The third-order valence-corrected chi connectivity index (χ3v) is 3.86. The summed E-state index contributed by atoms with van der Waals surface area (Å²) in [5.41, 5.74) is 10.6. The average molecular weight is 310 g/mol. The zero-order valence-electron chi connectivity index (χ0n) is 12.8. The number of urea groups is 2. The van der Waals surface area contributed by atoms with Crippen molar-refractivity contribution in [1.29, 1.82) is 0 Å². The number of hydrogen-bond acceptors (Lipinski definition) is 2. The fourth-order valence-corrected chi connectivity index (χ4v) is 2.73. The summed E-state index contributed by atoms with van der Waals surface area (Å²) in [4.78, 5) is 25.7. The van der Waals surface area contributed by atoms with E-state index >= 15 is 0 Å². The minimum Gasteiger partial charge on any atom is -0.350 e. The normalized spacial score (nSPS) is 17.3. The standard InChI is InChI=1S/C17H18N4O2/c1-2-12-7-6-10-14(11-12)20-15(13-8-4-3-5-9-13)21(16(18)22)19-17(20)23/h3-11,15H,2H2,1H3,(H2,18,22)(H,19,23). The van der Waals surface area contributed by atoms with Crippen LogP contribution < -0.4 is 16.1 Å². The molecule has 3 rings (SSSR count). The first-order valence-electron chi connectivity index (χ1n) is 7.44. The van der Waals surface area contributed by atoms with Crippen LogP contribution in [-0.2, 0) is 6.42 Å². The van der Waals surface area contributed by atoms with E-state index in [9.17, 15) is 9.59 Å². The predicted octanol–water partition coefficient (Wildman–Crippen LogP) is 2.77. The second kappa shape index (κ2) is 6.00. The van der Waals surface area contributed by atoms with Crippen molar-refractivity contribution in [2.75, 3.05) is 4.90 Å². The Morgan fingerprint density at radius 1 is 1.17 bits per heavy atom. The summed E-state index contributed by atoms with van der Waals surface area (Å²) in [6, 6.07) is 15.9. The monoisotopic (exact) mass is 310 g/mol. The summed E-state index contributed by atoms with van der Waals surface area (Å²) in [6.07, 6.45) is 0.243. The van der Waals surface area contributed by atoms with Gasteiger partial charge in [0.1, 0.15) is 0 Å². The molecular formula is C17H18N4O2. The van der Waals surface area contributed by atoms with Crippen LogP contribution in [0.15, 0.2) is 54.6 Å². The Balaban J connectivity index is 2.08. The number of aryl methyl sites for hydroxylation is 1. The van der Waals surface area contributed by atoms with Crippen molar-refractivity contribution < 1.29 is 9.59 Å². The van der Waals surface area contributed by atoms with E-state index in [0.717, 1.165) is 28.2 Å². The molecule has 4 amide bonds. The van der Waals surface area contributed by atoms with Crippen molar-refractivity contribution in [2.45, 2.75) is 19.5 Å². The highest BCUT2D eigenvalue weighted by Crippen LogP contribution is 2.33. The maximum atomic E-state index is 12.4. The van der Waals surface area contributed by atoms with E-state index < -0.39 is 12.2 Å². The van der Waals surface area contributed by atoms with Gasteiger partial charge < -0.3 is 5.73 Å². The minimum absolute atomic E-state index is 0.383. The molecule has 0 aromatic heterocycles. The lowest BCUT2D eigenvalue weighted by molar-refractivity contribution is 0.179. The molecule has 0 aliphatic carbocycles. The van der Waals surface area contributed by atoms with Gasteiger partial charge in [0.25, 0.3) is 0 Å². The molecular weight excluding hydrogens is 292 g/mol. The highest BCUT2D eigenvalue weighted by Gasteiger charge is 2.41. The van der Waals surface area contributed by atoms with Crippen molar-refractivity contribution in [3.63, 3.8) is 0 Å². The Morgan fingerprint density at radius 3 is 2.57 bits per heavy atom. The summed E-state index contributed by atoms with van der Waals surface area (Å²) in [5.74, 6) is 0. The molecule has 118 valence electrons. The molecule has 6 heteroatoms. The largest absolute Gasteiger partial charge is 0.350 e. The number of primary amides is 1. The van der Waals surface area contributed by atoms with E-state index in [1.54, 1.807) is 4.90 Å². The number of nitrogens with two attached hydrogens (primary N) is 1. The van der Waals surface area contributed by atoms with Gasteiger partial charge in [-0.2, -0.15) is 0 Å². The van der Waals surface area contributed by atoms with Crippen LogP contribution in [0.4, 0.5) is 15.3 Å². The van der Waals surface area contributed by atoms with Crippen LogP contribution in [0.1, 0.15) is 24.2 Å². The molecule has 1 aliphatic heterocycles. The quantitative estimate of drug-likeness (QED) is 0.914. The number of nitrogens with one attached hydrogen (secondary N) is 1. The van der Waals surface area contributed by atoms with Gasteiger partial charge >= 0.3 is 12.1 Å². The number of rotatable bonds is 3. The molecule has 23 heavy (non-hydrogen) atoms. The Hall–Kier alpha value is -3.02. The second-order valence-corrected chi connectivity index (χ2v) is 5.30. The third kappa shape index (κ3) is 2.70. The molecule has 0 saturated carbocycles. The van der Waals surface area contributed by atoms with Gasteiger partial charge in [0, 0.05) is 5.69 Å². The van der Waals surface area contributed by atoms with Crippen LogP contribution in [0.25, 0.3) is 0 Å². The third-order valence-electron chi connectivity index (χ3n) is 3.86. The Morgan fingerprint density at radius 2 is 1.91 bits per heavy atom. The first kappa shape index (κ1) is 14.9. The van der Waals surface area contributed by atoms with Gasteiger partial charge in [-0.15, -0.1) is 0 Å². The summed E-state index contributed by atoms with van der Waals surface area (Å²) >= 11 is 0. The molecule has 1 fully saturated rings. The van der Waals surface area contributed by atoms with Gasteiger partial charge in [-0.25, -0.2) is 20.0 Å². The number of anilines is 1. The summed E-state index contributed by atoms with van der Waals surface area (Å²) in [6.45, 7) is 2.05. The minimum atomic E-state index is -0.707. The molecule has 1 aliphatic rings. The zero-order valence-corrected chi connectivity index (χ0v) is 12.8. The highest BCUT2D eigenvalue weighted by molar-refractivity contribution is 5.97. The lowest BCUT2D eigenvalue weighted by Gasteiger charge is -2.27. The van der Waals surface area contributed by atoms with Gasteiger partial charge in [-0.3, -0.25) is 4.90 Å². The van der Waals surface area contributed by atoms with Crippen molar-refractivity contribution in [3.05, 3.63) is 65.7 Å². The summed E-state index contributed by atoms with van der Waals surface area (Å²) in [5, 5.41) is 1.15. The molecule has 2 aromatic carbocycles. The molecule has 0 spiro atoms. The van der Waals surface area contributed by atoms with Crippen molar-refractivity contribution in [2.24, 2.45) is 5.73 Å². The molecule has 1 saturated heterocycles. The maximum Gasteiger partial charge on any atom is 0.342 e. The lowest BCUT2D eigenvalue weighted by atomic mass is 10.1. The fourth-order valence-electron chi connectivity index (χ4n) is 2.73. The van der Waals surface area contributed by atoms with Crippen molar-refractivity contribution >= 4 is 17.7 Å². The number of carbonyl (C=O) groups excluding carboxylic acids is 2. The number of hydrogen-bond donors (Lipinski definition) is 2. The second-order valence-electron chi connectivity index (χ2n) is 5.30. The van der Waals surface area contributed by atoms with E-state index in [1.165, 1.54) is 0 Å². The van der Waals surface area contributed by atoms with Crippen LogP contribution in [-0.4, -0.2) is 17.1 Å². The van der Waals surface area contributed by atoms with Gasteiger partial charge in [0.05, 0.1) is 0 Å². The van der Waals surface area contributed by atoms with Gasteiger partial charge in [0.15, 0.2) is 6.17 Å². The van der Waals surface area contributed by atoms with Crippen LogP contribution in [0.3, 0.4) is 0 Å². The van der Waals surface area contributed by atoms with Gasteiger partial charge in [-0.1, -0.05) is 49.4 Å². The molecule has 3 N–H and O–H groups in total. The van der Waals surface area contributed by atoms with E-state index in [-0.39, 0.29) is 6.03 Å². The first-order chi connectivity index (χ1) is 11.1. The van der Waals surface area contributed by atoms with E-state index in [0.29, 0.717) is 0 Å². The average Bonchev–Trinajstić information content (AvgIpc) is 2.93. The number of nitrogens with zero attached hydrogens (tertiary/aromatic N) is 2. The number of hydrazine groups is 1. The lowest BCUT2D eigenvalue weighted by Crippen LogP contribution is -2.43. The maximum absolute atomic E-state index is 12.4. The molecule has 2 aromatic rings. The van der Waals surface area contributed by atoms with Crippen molar-refractivity contribution in [1.82, 2.24) is 10.4 Å². The molecule has 1 unspecified atom stereocenters. The SMILES string of the molecule is CCc1cccc(N2C(=O)NN(C(N)=O)C2c2ccccc2)c1. The Labute approximate surface area is 134 Å². The van der Waals surface area contributed by atoms with Crippen molar-refractivity contribution in [3.8, 4) is 0 Å². The van der Waals surface area contributed by atoms with Crippen LogP contribution in [0.5, 0.6) is 0 Å². The Kier molecular flexibility index (Phi) is 3.89. The Bertz CT molecular complexity index is 732. The first-order valence-corrected chi connectivity index (χ1v) is 7.44. The number of amides is 4. The van der Waals surface area contributed by atoms with Gasteiger partial charge in [0.2, 0.25) is 0 Å².